The molecule has 0 aromatic carbocycles. The number of anilines is 1. The number of rotatable bonds is 2. The number of aryl methyl sites for hydroxylation is 1. The first kappa shape index (κ1) is 12.5. The van der Waals surface area contributed by atoms with E-state index in [2.05, 4.69) is 32.1 Å². The van der Waals surface area contributed by atoms with Crippen molar-refractivity contribution < 1.29 is 0 Å². The maximum Gasteiger partial charge on any atom is 0.150 e. The predicted molar refractivity (Wildman–Crippen MR) is 83.6 cm³/mol. The molecule has 1 saturated carbocycles. The van der Waals surface area contributed by atoms with E-state index in [4.69, 9.17) is 0 Å². The normalized spacial score (nSPS) is 21.4. The smallest absolute Gasteiger partial charge is 0.150 e. The molecule has 106 valence electrons. The Morgan fingerprint density at radius 1 is 1.15 bits per heavy atom. The van der Waals surface area contributed by atoms with Gasteiger partial charge in [0.25, 0.3) is 0 Å². The van der Waals surface area contributed by atoms with Crippen LogP contribution in [0.1, 0.15) is 24.8 Å². The lowest BCUT2D eigenvalue weighted by atomic mass is 9.91. The van der Waals surface area contributed by atoms with Gasteiger partial charge in [-0.15, -0.1) is 11.3 Å². The van der Waals surface area contributed by atoms with Crippen LogP contribution in [-0.4, -0.2) is 47.1 Å². The Balaban J connectivity index is 1.55. The molecule has 3 heterocycles. The molecule has 0 spiro atoms. The first-order valence-electron chi connectivity index (χ1n) is 7.51. The van der Waals surface area contributed by atoms with Crippen molar-refractivity contribution in [2.75, 3.05) is 31.1 Å². The van der Waals surface area contributed by atoms with Gasteiger partial charge in [-0.05, 0) is 30.7 Å². The average molecular weight is 288 g/mol. The van der Waals surface area contributed by atoms with Crippen LogP contribution in [0.2, 0.25) is 0 Å². The van der Waals surface area contributed by atoms with Gasteiger partial charge in [0, 0.05) is 32.2 Å². The van der Waals surface area contributed by atoms with Crippen molar-refractivity contribution in [2.24, 2.45) is 0 Å². The predicted octanol–water partition coefficient (Wildman–Crippen LogP) is 2.67. The van der Waals surface area contributed by atoms with E-state index < -0.39 is 0 Å². The second-order valence-electron chi connectivity index (χ2n) is 5.90. The monoisotopic (exact) mass is 288 g/mol. The fraction of sp³-hybridized carbons (Fsp3) is 0.600. The van der Waals surface area contributed by atoms with Crippen LogP contribution in [0.3, 0.4) is 0 Å². The molecule has 20 heavy (non-hydrogen) atoms. The second-order valence-corrected chi connectivity index (χ2v) is 6.78. The number of fused-ring (bicyclic) bond motifs is 1. The number of piperazine rings is 1. The van der Waals surface area contributed by atoms with Gasteiger partial charge in [-0.2, -0.15) is 0 Å². The van der Waals surface area contributed by atoms with Gasteiger partial charge in [0.05, 0.1) is 10.2 Å². The molecule has 2 aromatic rings. The van der Waals surface area contributed by atoms with Crippen LogP contribution in [0.5, 0.6) is 0 Å². The molecule has 5 heteroatoms. The van der Waals surface area contributed by atoms with Crippen LogP contribution < -0.4 is 4.90 Å². The number of nitrogens with zero attached hydrogens (tertiary/aromatic N) is 4. The highest BCUT2D eigenvalue weighted by Gasteiger charge is 2.28. The van der Waals surface area contributed by atoms with E-state index in [9.17, 15) is 0 Å². The van der Waals surface area contributed by atoms with Gasteiger partial charge in [-0.25, -0.2) is 9.97 Å². The lowest BCUT2D eigenvalue weighted by molar-refractivity contribution is 0.120. The van der Waals surface area contributed by atoms with Gasteiger partial charge in [0.15, 0.2) is 0 Å². The molecule has 0 bridgehead atoms. The van der Waals surface area contributed by atoms with Crippen LogP contribution >= 0.6 is 11.3 Å². The zero-order valence-corrected chi connectivity index (χ0v) is 12.7. The molecular weight excluding hydrogens is 268 g/mol. The topological polar surface area (TPSA) is 32.3 Å². The Kier molecular flexibility index (Phi) is 3.11. The molecule has 2 aromatic heterocycles. The third-order valence-corrected chi connectivity index (χ3v) is 5.80. The minimum atomic E-state index is 0.867. The van der Waals surface area contributed by atoms with Gasteiger partial charge in [-0.3, -0.25) is 4.90 Å². The summed E-state index contributed by atoms with van der Waals surface area (Å²) in [6.45, 7) is 6.68. The summed E-state index contributed by atoms with van der Waals surface area (Å²) in [5.41, 5.74) is 2.39. The van der Waals surface area contributed by atoms with Crippen molar-refractivity contribution in [3.63, 3.8) is 0 Å². The number of hydrogen-bond donors (Lipinski definition) is 0. The van der Waals surface area contributed by atoms with Gasteiger partial charge in [0.1, 0.15) is 12.1 Å². The molecule has 0 radical (unpaired) electrons. The SMILES string of the molecule is Cc1csc2c(N3CCN(C4CCC4)CC3)ncnc12. The van der Waals surface area contributed by atoms with E-state index in [1.807, 2.05) is 0 Å². The summed E-state index contributed by atoms with van der Waals surface area (Å²) in [6.07, 6.45) is 5.95. The van der Waals surface area contributed by atoms with Gasteiger partial charge in [0.2, 0.25) is 0 Å². The Hall–Kier alpha value is -1.20. The fourth-order valence-corrected chi connectivity index (χ4v) is 4.25. The van der Waals surface area contributed by atoms with E-state index in [1.54, 1.807) is 17.7 Å². The molecule has 1 aliphatic carbocycles. The van der Waals surface area contributed by atoms with Gasteiger partial charge in [-0.1, -0.05) is 6.42 Å². The van der Waals surface area contributed by atoms with Crippen molar-refractivity contribution in [1.82, 2.24) is 14.9 Å². The van der Waals surface area contributed by atoms with E-state index in [1.165, 1.54) is 42.6 Å². The molecule has 1 aliphatic heterocycles. The van der Waals surface area contributed by atoms with E-state index in [0.29, 0.717) is 0 Å². The third kappa shape index (κ3) is 2.00. The molecule has 2 fully saturated rings. The average Bonchev–Trinajstić information content (AvgIpc) is 2.80. The minimum Gasteiger partial charge on any atom is -0.353 e. The molecule has 4 nitrogen and oxygen atoms in total. The Labute approximate surface area is 123 Å². The minimum absolute atomic E-state index is 0.867. The summed E-state index contributed by atoms with van der Waals surface area (Å²) in [5.74, 6) is 1.14. The van der Waals surface area contributed by atoms with Crippen molar-refractivity contribution >= 4 is 27.4 Å². The molecule has 0 N–H and O–H groups in total. The Morgan fingerprint density at radius 3 is 2.65 bits per heavy atom. The molecule has 0 amide bonds. The summed E-state index contributed by atoms with van der Waals surface area (Å²) < 4.78 is 1.25. The Bertz CT molecular complexity index is 611. The molecule has 1 saturated heterocycles. The van der Waals surface area contributed by atoms with Crippen LogP contribution in [0.25, 0.3) is 10.2 Å². The highest BCUT2D eigenvalue weighted by Crippen LogP contribution is 2.32. The third-order valence-electron chi connectivity index (χ3n) is 4.72. The maximum absolute atomic E-state index is 4.55. The number of aromatic nitrogens is 2. The number of hydrogen-bond acceptors (Lipinski definition) is 5. The van der Waals surface area contributed by atoms with Crippen molar-refractivity contribution in [1.29, 1.82) is 0 Å². The van der Waals surface area contributed by atoms with Crippen molar-refractivity contribution in [3.8, 4) is 0 Å². The fourth-order valence-electron chi connectivity index (χ4n) is 3.23. The van der Waals surface area contributed by atoms with Crippen molar-refractivity contribution in [3.05, 3.63) is 17.3 Å². The van der Waals surface area contributed by atoms with E-state index in [-0.39, 0.29) is 0 Å². The van der Waals surface area contributed by atoms with Crippen LogP contribution in [0.15, 0.2) is 11.7 Å². The standard InChI is InChI=1S/C15H20N4S/c1-11-9-20-14-13(11)16-10-17-15(14)19-7-5-18(6-8-19)12-3-2-4-12/h9-10,12H,2-8H2,1H3. The van der Waals surface area contributed by atoms with Gasteiger partial charge >= 0.3 is 0 Å². The summed E-state index contributed by atoms with van der Waals surface area (Å²) in [4.78, 5) is 14.1. The van der Waals surface area contributed by atoms with Crippen LogP contribution in [0.4, 0.5) is 5.82 Å². The number of thiophene rings is 1. The molecule has 4 rings (SSSR count). The van der Waals surface area contributed by atoms with Gasteiger partial charge < -0.3 is 4.90 Å². The first-order valence-corrected chi connectivity index (χ1v) is 8.38. The molecule has 0 unspecified atom stereocenters. The highest BCUT2D eigenvalue weighted by atomic mass is 32.1. The Morgan fingerprint density at radius 2 is 1.95 bits per heavy atom. The van der Waals surface area contributed by atoms with E-state index in [0.717, 1.165) is 30.5 Å². The molecular formula is C15H20N4S. The maximum atomic E-state index is 4.55. The van der Waals surface area contributed by atoms with E-state index >= 15 is 0 Å². The van der Waals surface area contributed by atoms with Crippen molar-refractivity contribution in [2.45, 2.75) is 32.2 Å². The zero-order chi connectivity index (χ0) is 13.5. The van der Waals surface area contributed by atoms with Crippen LogP contribution in [0, 0.1) is 6.92 Å². The lowest BCUT2D eigenvalue weighted by Gasteiger charge is -2.43. The summed E-state index contributed by atoms with van der Waals surface area (Å²) >= 11 is 1.78. The quantitative estimate of drug-likeness (QED) is 0.850. The summed E-state index contributed by atoms with van der Waals surface area (Å²) in [6, 6.07) is 0.867. The highest BCUT2D eigenvalue weighted by molar-refractivity contribution is 7.18. The largest absolute Gasteiger partial charge is 0.353 e. The lowest BCUT2D eigenvalue weighted by Crippen LogP contribution is -2.52. The first-order chi connectivity index (χ1) is 9.83. The molecule has 2 aliphatic rings. The second kappa shape index (κ2) is 4.97. The summed E-state index contributed by atoms with van der Waals surface area (Å²) in [5, 5.41) is 2.19. The molecule has 0 atom stereocenters. The van der Waals surface area contributed by atoms with Crippen LogP contribution in [-0.2, 0) is 0 Å². The zero-order valence-electron chi connectivity index (χ0n) is 11.9. The summed E-state index contributed by atoms with van der Waals surface area (Å²) in [7, 11) is 0.